The zero-order valence-corrected chi connectivity index (χ0v) is 10.2. The molecule has 2 fully saturated rings. The number of rotatable bonds is 2. The molecular weight excluding hydrogens is 184 g/mol. The first-order valence-electron chi connectivity index (χ1n) is 6.05. The van der Waals surface area contributed by atoms with Crippen LogP contribution in [0.15, 0.2) is 0 Å². The van der Waals surface area contributed by atoms with Crippen LogP contribution in [0.25, 0.3) is 0 Å². The normalized spacial score (nSPS) is 38.9. The summed E-state index contributed by atoms with van der Waals surface area (Å²) < 4.78 is 0. The van der Waals surface area contributed by atoms with Gasteiger partial charge in [-0.05, 0) is 30.1 Å². The van der Waals surface area contributed by atoms with Gasteiger partial charge in [-0.2, -0.15) is 5.26 Å². The van der Waals surface area contributed by atoms with Crippen molar-refractivity contribution in [1.82, 2.24) is 4.90 Å². The minimum Gasteiger partial charge on any atom is -0.299 e. The summed E-state index contributed by atoms with van der Waals surface area (Å²) in [4.78, 5) is 2.55. The summed E-state index contributed by atoms with van der Waals surface area (Å²) in [5.41, 5.74) is 1.01. The summed E-state index contributed by atoms with van der Waals surface area (Å²) >= 11 is 0. The predicted octanol–water partition coefficient (Wildman–Crippen LogP) is 2.80. The summed E-state index contributed by atoms with van der Waals surface area (Å²) in [6, 6.07) is 3.01. The van der Waals surface area contributed by atoms with Gasteiger partial charge >= 0.3 is 0 Å². The van der Waals surface area contributed by atoms with Gasteiger partial charge in [0.1, 0.15) is 0 Å². The van der Waals surface area contributed by atoms with E-state index in [-0.39, 0.29) is 0 Å². The Labute approximate surface area is 93.3 Å². The zero-order valence-electron chi connectivity index (χ0n) is 10.2. The molecule has 0 N–H and O–H groups in total. The minimum absolute atomic E-state index is 0.499. The highest BCUT2D eigenvalue weighted by molar-refractivity contribution is 5.02. The van der Waals surface area contributed by atoms with Crippen LogP contribution in [-0.4, -0.2) is 24.0 Å². The maximum absolute atomic E-state index is 8.66. The van der Waals surface area contributed by atoms with Gasteiger partial charge in [0.05, 0.1) is 6.07 Å². The third-order valence-electron chi connectivity index (χ3n) is 4.03. The average molecular weight is 206 g/mol. The summed E-state index contributed by atoms with van der Waals surface area (Å²) in [6.45, 7) is 9.40. The standard InChI is InChI=1S/C13H22N2/c1-12(2)7-11-8-13(3,9-12)10-15(11)6-4-5-14/h11H,4,6-10H2,1-3H3/t11-,13-/m0/s1. The molecule has 1 saturated carbocycles. The lowest BCUT2D eigenvalue weighted by atomic mass is 9.65. The van der Waals surface area contributed by atoms with Crippen LogP contribution >= 0.6 is 0 Å². The van der Waals surface area contributed by atoms with Crippen molar-refractivity contribution in [2.75, 3.05) is 13.1 Å². The molecule has 2 heteroatoms. The molecule has 15 heavy (non-hydrogen) atoms. The number of nitriles is 1. The molecule has 1 aliphatic carbocycles. The van der Waals surface area contributed by atoms with Crippen molar-refractivity contribution < 1.29 is 0 Å². The Kier molecular flexibility index (Phi) is 2.55. The molecule has 2 aliphatic rings. The van der Waals surface area contributed by atoms with Crippen LogP contribution < -0.4 is 0 Å². The molecule has 0 aromatic rings. The lowest BCUT2D eigenvalue weighted by Crippen LogP contribution is -2.35. The average Bonchev–Trinajstić information content (AvgIpc) is 2.31. The van der Waals surface area contributed by atoms with Gasteiger partial charge in [0.25, 0.3) is 0 Å². The molecule has 2 bridgehead atoms. The van der Waals surface area contributed by atoms with Gasteiger partial charge in [-0.25, -0.2) is 0 Å². The van der Waals surface area contributed by atoms with E-state index >= 15 is 0 Å². The Morgan fingerprint density at radius 3 is 2.73 bits per heavy atom. The monoisotopic (exact) mass is 206 g/mol. The summed E-state index contributed by atoms with van der Waals surface area (Å²) in [6.07, 6.45) is 4.70. The zero-order chi connectivity index (χ0) is 11.1. The van der Waals surface area contributed by atoms with Crippen molar-refractivity contribution >= 4 is 0 Å². The van der Waals surface area contributed by atoms with Crippen molar-refractivity contribution in [3.8, 4) is 6.07 Å². The van der Waals surface area contributed by atoms with Crippen LogP contribution in [-0.2, 0) is 0 Å². The molecule has 2 rings (SSSR count). The first-order valence-corrected chi connectivity index (χ1v) is 6.05. The number of fused-ring (bicyclic) bond motifs is 2. The Morgan fingerprint density at radius 1 is 1.33 bits per heavy atom. The molecule has 0 radical (unpaired) electrons. The van der Waals surface area contributed by atoms with Crippen molar-refractivity contribution in [3.63, 3.8) is 0 Å². The number of likely N-dealkylation sites (tertiary alicyclic amines) is 1. The molecule has 0 unspecified atom stereocenters. The highest BCUT2D eigenvalue weighted by Crippen LogP contribution is 2.52. The summed E-state index contributed by atoms with van der Waals surface area (Å²) in [5, 5.41) is 8.66. The van der Waals surface area contributed by atoms with Crippen LogP contribution in [0.3, 0.4) is 0 Å². The predicted molar refractivity (Wildman–Crippen MR) is 61.3 cm³/mol. The Hall–Kier alpha value is -0.550. The highest BCUT2D eigenvalue weighted by Gasteiger charge is 2.49. The number of hydrogen-bond donors (Lipinski definition) is 0. The molecule has 1 heterocycles. The van der Waals surface area contributed by atoms with Gasteiger partial charge < -0.3 is 0 Å². The Bertz CT molecular complexity index is 289. The van der Waals surface area contributed by atoms with Crippen molar-refractivity contribution in [1.29, 1.82) is 5.26 Å². The van der Waals surface area contributed by atoms with Crippen molar-refractivity contribution in [2.24, 2.45) is 10.8 Å². The largest absolute Gasteiger partial charge is 0.299 e. The molecule has 2 atom stereocenters. The van der Waals surface area contributed by atoms with Crippen molar-refractivity contribution in [3.05, 3.63) is 0 Å². The van der Waals surface area contributed by atoms with E-state index in [0.29, 0.717) is 17.3 Å². The number of nitrogens with zero attached hydrogens (tertiary/aromatic N) is 2. The third-order valence-corrected chi connectivity index (χ3v) is 4.03. The fourth-order valence-corrected chi connectivity index (χ4v) is 4.03. The van der Waals surface area contributed by atoms with Gasteiger partial charge in [-0.3, -0.25) is 4.90 Å². The second kappa shape index (κ2) is 3.49. The van der Waals surface area contributed by atoms with Crippen LogP contribution in [0.1, 0.15) is 46.5 Å². The first kappa shape index (κ1) is 11.0. The smallest absolute Gasteiger partial charge is 0.0635 e. The summed E-state index contributed by atoms with van der Waals surface area (Å²) in [7, 11) is 0. The summed E-state index contributed by atoms with van der Waals surface area (Å²) in [5.74, 6) is 0. The maximum Gasteiger partial charge on any atom is 0.0635 e. The molecular formula is C13H22N2. The molecule has 2 nitrogen and oxygen atoms in total. The second-order valence-corrected chi connectivity index (χ2v) is 6.59. The Morgan fingerprint density at radius 2 is 2.07 bits per heavy atom. The molecule has 0 amide bonds. The van der Waals surface area contributed by atoms with E-state index in [0.717, 1.165) is 12.6 Å². The lowest BCUT2D eigenvalue weighted by Gasteiger charge is -2.39. The van der Waals surface area contributed by atoms with E-state index in [4.69, 9.17) is 5.26 Å². The van der Waals surface area contributed by atoms with Crippen LogP contribution in [0.5, 0.6) is 0 Å². The van der Waals surface area contributed by atoms with E-state index in [1.54, 1.807) is 0 Å². The van der Waals surface area contributed by atoms with Crippen LogP contribution in [0, 0.1) is 22.2 Å². The second-order valence-electron chi connectivity index (χ2n) is 6.59. The van der Waals surface area contributed by atoms with E-state index < -0.39 is 0 Å². The number of hydrogen-bond acceptors (Lipinski definition) is 2. The van der Waals surface area contributed by atoms with Gasteiger partial charge in [-0.1, -0.05) is 20.8 Å². The van der Waals surface area contributed by atoms with Crippen molar-refractivity contribution in [2.45, 2.75) is 52.5 Å². The van der Waals surface area contributed by atoms with Gasteiger partial charge in [0.15, 0.2) is 0 Å². The van der Waals surface area contributed by atoms with Gasteiger partial charge in [0.2, 0.25) is 0 Å². The van der Waals surface area contributed by atoms with E-state index in [2.05, 4.69) is 31.7 Å². The molecule has 84 valence electrons. The molecule has 0 aromatic heterocycles. The minimum atomic E-state index is 0.499. The molecule has 1 saturated heterocycles. The molecule has 0 spiro atoms. The van der Waals surface area contributed by atoms with E-state index in [1.807, 2.05) is 0 Å². The SMILES string of the molecule is CC1(C)C[C@H]2C[C@](C)(CN2CCC#N)C1. The lowest BCUT2D eigenvalue weighted by molar-refractivity contribution is 0.127. The molecule has 1 aliphatic heterocycles. The molecule has 0 aromatic carbocycles. The van der Waals surface area contributed by atoms with Gasteiger partial charge in [0, 0.05) is 25.6 Å². The fourth-order valence-electron chi connectivity index (χ4n) is 4.03. The fraction of sp³-hybridized carbons (Fsp3) is 0.923. The highest BCUT2D eigenvalue weighted by atomic mass is 15.2. The van der Waals surface area contributed by atoms with Crippen LogP contribution in [0.4, 0.5) is 0 Å². The quantitative estimate of drug-likeness (QED) is 0.694. The van der Waals surface area contributed by atoms with E-state index in [1.165, 1.54) is 25.8 Å². The third kappa shape index (κ3) is 2.18. The van der Waals surface area contributed by atoms with E-state index in [9.17, 15) is 0 Å². The maximum atomic E-state index is 8.66. The topological polar surface area (TPSA) is 27.0 Å². The van der Waals surface area contributed by atoms with Gasteiger partial charge in [-0.15, -0.1) is 0 Å². The Balaban J connectivity index is 2.07. The first-order chi connectivity index (χ1) is 6.94. The van der Waals surface area contributed by atoms with Crippen LogP contribution in [0.2, 0.25) is 0 Å².